The van der Waals surface area contributed by atoms with Crippen LogP contribution in [0.1, 0.15) is 37.9 Å². The number of nitrogens with one attached hydrogen (secondary N) is 1. The number of ether oxygens (including phenoxy) is 1. The van der Waals surface area contributed by atoms with Gasteiger partial charge in [-0.05, 0) is 73.8 Å². The first kappa shape index (κ1) is 13.9. The first-order valence-electron chi connectivity index (χ1n) is 6.62. The molecular formula is C16H21NOS. The Balaban J connectivity index is 2.09. The Bertz CT molecular complexity index is 520. The fourth-order valence-electron chi connectivity index (χ4n) is 1.98. The van der Waals surface area contributed by atoms with E-state index < -0.39 is 0 Å². The summed E-state index contributed by atoms with van der Waals surface area (Å²) < 4.78 is 5.70. The third-order valence-electron chi connectivity index (χ3n) is 2.98. The molecule has 2 nitrogen and oxygen atoms in total. The molecule has 1 N–H and O–H groups in total. The molecule has 102 valence electrons. The number of hydrogen-bond acceptors (Lipinski definition) is 3. The number of benzene rings is 1. The molecule has 0 fully saturated rings. The Hall–Kier alpha value is -1.48. The van der Waals surface area contributed by atoms with Crippen molar-refractivity contribution in [2.45, 2.75) is 39.8 Å². The zero-order valence-electron chi connectivity index (χ0n) is 11.9. The molecule has 1 aromatic heterocycles. The maximum Gasteiger partial charge on any atom is 0.120 e. The highest BCUT2D eigenvalue weighted by molar-refractivity contribution is 7.07. The molecule has 0 bridgehead atoms. The summed E-state index contributed by atoms with van der Waals surface area (Å²) in [5.41, 5.74) is 3.70. The lowest BCUT2D eigenvalue weighted by Crippen LogP contribution is -2.08. The molecule has 0 saturated heterocycles. The van der Waals surface area contributed by atoms with Crippen molar-refractivity contribution in [2.75, 3.05) is 5.32 Å². The molecule has 0 radical (unpaired) electrons. The molecular weight excluding hydrogens is 254 g/mol. The third kappa shape index (κ3) is 3.74. The lowest BCUT2D eigenvalue weighted by atomic mass is 10.1. The summed E-state index contributed by atoms with van der Waals surface area (Å²) in [6, 6.07) is 8.68. The van der Waals surface area contributed by atoms with E-state index in [1.807, 2.05) is 19.9 Å². The third-order valence-corrected chi connectivity index (χ3v) is 3.69. The van der Waals surface area contributed by atoms with E-state index in [4.69, 9.17) is 4.74 Å². The lowest BCUT2D eigenvalue weighted by Gasteiger charge is -2.17. The van der Waals surface area contributed by atoms with E-state index >= 15 is 0 Å². The van der Waals surface area contributed by atoms with E-state index in [1.165, 1.54) is 11.1 Å². The minimum Gasteiger partial charge on any atom is -0.491 e. The zero-order chi connectivity index (χ0) is 13.8. The van der Waals surface area contributed by atoms with Crippen molar-refractivity contribution in [3.63, 3.8) is 0 Å². The SMILES string of the molecule is Cc1cc(OC(C)C)ccc1NC(C)c1ccsc1. The van der Waals surface area contributed by atoms with Crippen molar-refractivity contribution in [3.8, 4) is 5.75 Å². The van der Waals surface area contributed by atoms with Gasteiger partial charge in [-0.3, -0.25) is 0 Å². The van der Waals surface area contributed by atoms with Gasteiger partial charge in [0.1, 0.15) is 5.75 Å². The van der Waals surface area contributed by atoms with E-state index in [9.17, 15) is 0 Å². The van der Waals surface area contributed by atoms with Crippen LogP contribution in [0.2, 0.25) is 0 Å². The fourth-order valence-corrected chi connectivity index (χ4v) is 2.74. The van der Waals surface area contributed by atoms with Gasteiger partial charge < -0.3 is 10.1 Å². The van der Waals surface area contributed by atoms with Gasteiger partial charge in [-0.2, -0.15) is 11.3 Å². The van der Waals surface area contributed by atoms with Gasteiger partial charge in [0.2, 0.25) is 0 Å². The highest BCUT2D eigenvalue weighted by atomic mass is 32.1. The quantitative estimate of drug-likeness (QED) is 0.827. The van der Waals surface area contributed by atoms with Crippen molar-refractivity contribution in [2.24, 2.45) is 0 Å². The molecule has 0 saturated carbocycles. The summed E-state index contributed by atoms with van der Waals surface area (Å²) >= 11 is 1.73. The van der Waals surface area contributed by atoms with Crippen LogP contribution in [0.3, 0.4) is 0 Å². The first-order chi connectivity index (χ1) is 9.06. The van der Waals surface area contributed by atoms with Crippen molar-refractivity contribution in [3.05, 3.63) is 46.2 Å². The van der Waals surface area contributed by atoms with Crippen LogP contribution in [0, 0.1) is 6.92 Å². The average Bonchev–Trinajstić information content (AvgIpc) is 2.85. The van der Waals surface area contributed by atoms with E-state index in [0.29, 0.717) is 6.04 Å². The van der Waals surface area contributed by atoms with Crippen LogP contribution < -0.4 is 10.1 Å². The lowest BCUT2D eigenvalue weighted by molar-refractivity contribution is 0.242. The van der Waals surface area contributed by atoms with Crippen LogP contribution >= 0.6 is 11.3 Å². The molecule has 0 aliphatic heterocycles. The number of thiophene rings is 1. The minimum atomic E-state index is 0.211. The maximum atomic E-state index is 5.70. The molecule has 1 heterocycles. The first-order valence-corrected chi connectivity index (χ1v) is 7.56. The average molecular weight is 275 g/mol. The van der Waals surface area contributed by atoms with Crippen LogP contribution in [0.15, 0.2) is 35.0 Å². The van der Waals surface area contributed by atoms with Gasteiger partial charge in [-0.1, -0.05) is 0 Å². The van der Waals surface area contributed by atoms with E-state index in [0.717, 1.165) is 11.4 Å². The summed E-state index contributed by atoms with van der Waals surface area (Å²) in [7, 11) is 0. The molecule has 0 spiro atoms. The van der Waals surface area contributed by atoms with Crippen LogP contribution in [-0.2, 0) is 0 Å². The van der Waals surface area contributed by atoms with Gasteiger partial charge in [0.05, 0.1) is 6.10 Å². The highest BCUT2D eigenvalue weighted by Crippen LogP contribution is 2.26. The second-order valence-corrected chi connectivity index (χ2v) is 5.85. The highest BCUT2D eigenvalue weighted by Gasteiger charge is 2.08. The summed E-state index contributed by atoms with van der Waals surface area (Å²) in [6.07, 6.45) is 0.211. The summed E-state index contributed by atoms with van der Waals surface area (Å²) in [4.78, 5) is 0. The van der Waals surface area contributed by atoms with E-state index in [1.54, 1.807) is 11.3 Å². The van der Waals surface area contributed by atoms with Crippen molar-refractivity contribution in [1.29, 1.82) is 0 Å². The van der Waals surface area contributed by atoms with Gasteiger partial charge in [-0.25, -0.2) is 0 Å². The molecule has 0 aliphatic carbocycles. The monoisotopic (exact) mass is 275 g/mol. The van der Waals surface area contributed by atoms with E-state index in [-0.39, 0.29) is 6.10 Å². The van der Waals surface area contributed by atoms with Crippen LogP contribution in [0.4, 0.5) is 5.69 Å². The minimum absolute atomic E-state index is 0.211. The molecule has 19 heavy (non-hydrogen) atoms. The van der Waals surface area contributed by atoms with Crippen LogP contribution in [0.5, 0.6) is 5.75 Å². The molecule has 3 heteroatoms. The van der Waals surface area contributed by atoms with Gasteiger partial charge in [-0.15, -0.1) is 0 Å². The Kier molecular flexibility index (Phi) is 4.48. The molecule has 2 rings (SSSR count). The molecule has 0 aliphatic rings. The smallest absolute Gasteiger partial charge is 0.120 e. The van der Waals surface area contributed by atoms with Gasteiger partial charge in [0.25, 0.3) is 0 Å². The van der Waals surface area contributed by atoms with Crippen LogP contribution in [0.25, 0.3) is 0 Å². The standard InChI is InChI=1S/C16H21NOS/c1-11(2)18-15-5-6-16(12(3)9-15)17-13(4)14-7-8-19-10-14/h5-11,13,17H,1-4H3. The zero-order valence-corrected chi connectivity index (χ0v) is 12.8. The normalized spacial score (nSPS) is 12.5. The fraction of sp³-hybridized carbons (Fsp3) is 0.375. The maximum absolute atomic E-state index is 5.70. The predicted octanol–water partition coefficient (Wildman–Crippen LogP) is 5.02. The predicted molar refractivity (Wildman–Crippen MR) is 83.3 cm³/mol. The molecule has 1 aromatic carbocycles. The van der Waals surface area contributed by atoms with Gasteiger partial charge in [0.15, 0.2) is 0 Å². The van der Waals surface area contributed by atoms with Gasteiger partial charge >= 0.3 is 0 Å². The van der Waals surface area contributed by atoms with Crippen molar-refractivity contribution in [1.82, 2.24) is 0 Å². The van der Waals surface area contributed by atoms with Gasteiger partial charge in [0, 0.05) is 11.7 Å². The number of rotatable bonds is 5. The largest absolute Gasteiger partial charge is 0.491 e. The number of aryl methyl sites for hydroxylation is 1. The number of hydrogen-bond donors (Lipinski definition) is 1. The second kappa shape index (κ2) is 6.11. The van der Waals surface area contributed by atoms with E-state index in [2.05, 4.69) is 48.1 Å². The molecule has 1 unspecified atom stereocenters. The Morgan fingerprint density at radius 1 is 1.16 bits per heavy atom. The topological polar surface area (TPSA) is 21.3 Å². The summed E-state index contributed by atoms with van der Waals surface area (Å²) in [5.74, 6) is 0.932. The van der Waals surface area contributed by atoms with Crippen molar-refractivity contribution < 1.29 is 4.74 Å². The molecule has 2 aromatic rings. The molecule has 1 atom stereocenters. The Morgan fingerprint density at radius 3 is 2.53 bits per heavy atom. The summed E-state index contributed by atoms with van der Waals surface area (Å²) in [6.45, 7) is 8.37. The summed E-state index contributed by atoms with van der Waals surface area (Å²) in [5, 5.41) is 7.84. The molecule has 0 amide bonds. The van der Waals surface area contributed by atoms with Crippen LogP contribution in [-0.4, -0.2) is 6.10 Å². The Morgan fingerprint density at radius 2 is 1.95 bits per heavy atom. The van der Waals surface area contributed by atoms with Crippen molar-refractivity contribution >= 4 is 17.0 Å². The second-order valence-electron chi connectivity index (χ2n) is 5.07. The Labute approximate surface area is 119 Å². The number of anilines is 1.